The summed E-state index contributed by atoms with van der Waals surface area (Å²) in [6, 6.07) is 8.54. The van der Waals surface area contributed by atoms with Gasteiger partial charge in [-0.2, -0.15) is 0 Å². The van der Waals surface area contributed by atoms with E-state index in [-0.39, 0.29) is 11.6 Å². The predicted molar refractivity (Wildman–Crippen MR) is 75.9 cm³/mol. The highest BCUT2D eigenvalue weighted by molar-refractivity contribution is 9.11. The van der Waals surface area contributed by atoms with Crippen LogP contribution in [-0.2, 0) is 0 Å². The number of thiophene rings is 1. The Labute approximate surface area is 122 Å². The minimum atomic E-state index is -0.451. The maximum atomic E-state index is 11.7. The lowest BCUT2D eigenvalue weighted by atomic mass is 10.3. The van der Waals surface area contributed by atoms with Crippen molar-refractivity contribution >= 4 is 39.1 Å². The molecule has 0 saturated carbocycles. The van der Waals surface area contributed by atoms with E-state index in [1.165, 1.54) is 11.3 Å². The van der Waals surface area contributed by atoms with Crippen molar-refractivity contribution in [1.29, 1.82) is 0 Å². The number of nitrogens with zero attached hydrogens (tertiary/aromatic N) is 1. The molecule has 0 aliphatic rings. The molecule has 0 unspecified atom stereocenters. The number of halogens is 1. The Balaban J connectivity index is 1.95. The van der Waals surface area contributed by atoms with E-state index in [4.69, 9.17) is 0 Å². The number of pyridine rings is 1. The normalized spacial score (nSPS) is 10.0. The molecule has 0 aliphatic carbocycles. The minimum absolute atomic E-state index is 0.257. The smallest absolute Gasteiger partial charge is 0.266 e. The molecule has 2 amide bonds. The van der Waals surface area contributed by atoms with Crippen molar-refractivity contribution in [3.8, 4) is 0 Å². The second kappa shape index (κ2) is 5.94. The predicted octanol–water partition coefficient (Wildman–Crippen LogP) is 2.29. The van der Waals surface area contributed by atoms with Gasteiger partial charge < -0.3 is 0 Å². The first-order valence-corrected chi connectivity index (χ1v) is 6.97. The van der Waals surface area contributed by atoms with Crippen LogP contribution in [0.2, 0.25) is 0 Å². The topological polar surface area (TPSA) is 71.1 Å². The third kappa shape index (κ3) is 3.62. The zero-order valence-electron chi connectivity index (χ0n) is 9.94. The van der Waals surface area contributed by atoms with Crippen LogP contribution in [0.4, 0.5) is 0 Å². The third-order valence-electron chi connectivity index (χ3n) is 2.21. The van der Waals surface area contributed by atoms with E-state index in [0.29, 0.717) is 4.88 Å². The number of carbonyl (C=O) groups is 2. The summed E-state index contributed by atoms with van der Waals surface area (Å²) in [7, 11) is 0. The minimum Gasteiger partial charge on any atom is -0.266 e. The Morgan fingerprint density at radius 1 is 1.16 bits per heavy atom. The van der Waals surface area contributed by atoms with E-state index in [0.717, 1.165) is 9.48 Å². The second-order valence-corrected chi connectivity index (χ2v) is 6.14. The highest BCUT2D eigenvalue weighted by Gasteiger charge is 2.11. The monoisotopic (exact) mass is 339 g/mol. The lowest BCUT2D eigenvalue weighted by Crippen LogP contribution is -2.41. The van der Waals surface area contributed by atoms with Crippen molar-refractivity contribution in [2.24, 2.45) is 0 Å². The molecule has 0 radical (unpaired) electrons. The molecule has 2 N–H and O–H groups in total. The molecule has 0 atom stereocenters. The van der Waals surface area contributed by atoms with Gasteiger partial charge >= 0.3 is 0 Å². The Morgan fingerprint density at radius 3 is 2.53 bits per heavy atom. The summed E-state index contributed by atoms with van der Waals surface area (Å²) in [6.07, 6.45) is 0. The van der Waals surface area contributed by atoms with E-state index in [1.54, 1.807) is 37.3 Å². The zero-order chi connectivity index (χ0) is 13.8. The molecule has 2 rings (SSSR count). The van der Waals surface area contributed by atoms with Crippen molar-refractivity contribution in [1.82, 2.24) is 15.8 Å². The van der Waals surface area contributed by atoms with Crippen LogP contribution in [0.3, 0.4) is 0 Å². The average Bonchev–Trinajstić information content (AvgIpc) is 2.82. The molecule has 2 heterocycles. The average molecular weight is 340 g/mol. The fourth-order valence-electron chi connectivity index (χ4n) is 1.34. The van der Waals surface area contributed by atoms with Gasteiger partial charge in [0.25, 0.3) is 11.8 Å². The molecule has 2 aromatic heterocycles. The number of hydrazine groups is 1. The molecule has 0 aliphatic heterocycles. The van der Waals surface area contributed by atoms with Gasteiger partial charge in [-0.25, -0.2) is 4.98 Å². The molecule has 7 heteroatoms. The van der Waals surface area contributed by atoms with Gasteiger partial charge in [-0.05, 0) is 47.1 Å². The first-order chi connectivity index (χ1) is 9.06. The first-order valence-electron chi connectivity index (χ1n) is 5.36. The maximum Gasteiger partial charge on any atom is 0.288 e. The number of hydrogen-bond acceptors (Lipinski definition) is 4. The van der Waals surface area contributed by atoms with Crippen LogP contribution in [0, 0.1) is 6.92 Å². The molecule has 0 fully saturated rings. The highest BCUT2D eigenvalue weighted by Crippen LogP contribution is 2.21. The van der Waals surface area contributed by atoms with E-state index < -0.39 is 5.91 Å². The fraction of sp³-hybridized carbons (Fsp3) is 0.0833. The van der Waals surface area contributed by atoms with Crippen molar-refractivity contribution in [2.45, 2.75) is 6.92 Å². The fourth-order valence-corrected chi connectivity index (χ4v) is 2.63. The largest absolute Gasteiger partial charge is 0.288 e. The molecular formula is C12H10BrN3O2S. The van der Waals surface area contributed by atoms with Gasteiger partial charge in [-0.15, -0.1) is 11.3 Å². The molecular weight excluding hydrogens is 330 g/mol. The molecule has 98 valence electrons. The Hall–Kier alpha value is -1.73. The Kier molecular flexibility index (Phi) is 4.28. The molecule has 0 saturated heterocycles. The van der Waals surface area contributed by atoms with Crippen LogP contribution >= 0.6 is 27.3 Å². The van der Waals surface area contributed by atoms with E-state index in [9.17, 15) is 9.59 Å². The lowest BCUT2D eigenvalue weighted by Gasteiger charge is -2.05. The summed E-state index contributed by atoms with van der Waals surface area (Å²) in [6.45, 7) is 1.79. The second-order valence-electron chi connectivity index (χ2n) is 3.68. The molecule has 2 aromatic rings. The standard InChI is InChI=1S/C12H10BrN3O2S/c1-7-3-2-4-8(14-7)11(17)15-16-12(18)9-5-6-10(13)19-9/h2-6H,1H3,(H,15,17)(H,16,18). The highest BCUT2D eigenvalue weighted by atomic mass is 79.9. The number of aromatic nitrogens is 1. The maximum absolute atomic E-state index is 11.7. The van der Waals surface area contributed by atoms with E-state index >= 15 is 0 Å². The van der Waals surface area contributed by atoms with Crippen LogP contribution in [0.5, 0.6) is 0 Å². The quantitative estimate of drug-likeness (QED) is 0.824. The van der Waals surface area contributed by atoms with Gasteiger partial charge in [0.2, 0.25) is 0 Å². The Bertz CT molecular complexity index is 627. The SMILES string of the molecule is Cc1cccc(C(=O)NNC(=O)c2ccc(Br)s2)n1. The van der Waals surface area contributed by atoms with E-state index in [2.05, 4.69) is 31.8 Å². The van der Waals surface area contributed by atoms with Crippen LogP contribution in [0.1, 0.15) is 25.9 Å². The summed E-state index contributed by atoms with van der Waals surface area (Å²) >= 11 is 4.55. The summed E-state index contributed by atoms with van der Waals surface area (Å²) in [5, 5.41) is 0. The molecule has 0 aromatic carbocycles. The summed E-state index contributed by atoms with van der Waals surface area (Å²) in [5.41, 5.74) is 5.66. The number of amides is 2. The van der Waals surface area contributed by atoms with Crippen molar-refractivity contribution < 1.29 is 9.59 Å². The van der Waals surface area contributed by atoms with Gasteiger partial charge in [0, 0.05) is 5.69 Å². The van der Waals surface area contributed by atoms with Crippen LogP contribution in [0.25, 0.3) is 0 Å². The Morgan fingerprint density at radius 2 is 1.89 bits per heavy atom. The lowest BCUT2D eigenvalue weighted by molar-refractivity contribution is 0.0846. The summed E-state index contributed by atoms with van der Waals surface area (Å²) in [5.74, 6) is -0.815. The van der Waals surface area contributed by atoms with Crippen LogP contribution < -0.4 is 10.9 Å². The summed E-state index contributed by atoms with van der Waals surface area (Å²) < 4.78 is 0.851. The molecule has 19 heavy (non-hydrogen) atoms. The van der Waals surface area contributed by atoms with Gasteiger partial charge in [0.15, 0.2) is 0 Å². The van der Waals surface area contributed by atoms with Crippen molar-refractivity contribution in [3.05, 3.63) is 50.4 Å². The van der Waals surface area contributed by atoms with Crippen molar-refractivity contribution in [2.75, 3.05) is 0 Å². The number of nitrogens with one attached hydrogen (secondary N) is 2. The summed E-state index contributed by atoms with van der Waals surface area (Å²) in [4.78, 5) is 28.0. The van der Waals surface area contributed by atoms with Crippen LogP contribution in [0.15, 0.2) is 34.1 Å². The van der Waals surface area contributed by atoms with Gasteiger partial charge in [-0.1, -0.05) is 6.07 Å². The zero-order valence-corrected chi connectivity index (χ0v) is 12.3. The van der Waals surface area contributed by atoms with Gasteiger partial charge in [0.1, 0.15) is 5.69 Å². The molecule has 0 bridgehead atoms. The number of rotatable bonds is 2. The van der Waals surface area contributed by atoms with Crippen molar-refractivity contribution in [3.63, 3.8) is 0 Å². The molecule has 0 spiro atoms. The van der Waals surface area contributed by atoms with Crippen LogP contribution in [-0.4, -0.2) is 16.8 Å². The van der Waals surface area contributed by atoms with Gasteiger partial charge in [-0.3, -0.25) is 20.4 Å². The van der Waals surface area contributed by atoms with E-state index in [1.807, 2.05) is 0 Å². The number of carbonyl (C=O) groups excluding carboxylic acids is 2. The number of hydrogen-bond donors (Lipinski definition) is 2. The first kappa shape index (κ1) is 13.7. The third-order valence-corrected chi connectivity index (χ3v) is 3.83. The number of aryl methyl sites for hydroxylation is 1. The van der Waals surface area contributed by atoms with Gasteiger partial charge in [0.05, 0.1) is 8.66 Å². The molecule has 5 nitrogen and oxygen atoms in total.